The molecule has 0 aliphatic heterocycles. The van der Waals surface area contributed by atoms with E-state index in [-0.39, 0.29) is 5.78 Å². The maximum Gasteiger partial charge on any atom is 0.331 e. The highest BCUT2D eigenvalue weighted by atomic mass is 32.2. The van der Waals surface area contributed by atoms with Crippen LogP contribution in [0.15, 0.2) is 59.5 Å². The van der Waals surface area contributed by atoms with Crippen LogP contribution in [0.4, 0.5) is 5.69 Å². The van der Waals surface area contributed by atoms with E-state index in [9.17, 15) is 14.4 Å². The lowest BCUT2D eigenvalue weighted by atomic mass is 10.1. The van der Waals surface area contributed by atoms with E-state index in [4.69, 9.17) is 4.74 Å². The summed E-state index contributed by atoms with van der Waals surface area (Å²) in [5, 5.41) is 2.65. The molecule has 1 atom stereocenters. The highest BCUT2D eigenvalue weighted by Crippen LogP contribution is 2.15. The zero-order valence-corrected chi connectivity index (χ0v) is 16.2. The van der Waals surface area contributed by atoms with E-state index >= 15 is 0 Å². The number of Topliss-reactive ketones (excluding diaryl/α,β-unsaturated/α-hetero) is 1. The fourth-order valence-corrected chi connectivity index (χ4v) is 2.59. The largest absolute Gasteiger partial charge is 0.449 e. The van der Waals surface area contributed by atoms with Crippen molar-refractivity contribution in [1.82, 2.24) is 0 Å². The van der Waals surface area contributed by atoms with E-state index in [1.807, 2.05) is 30.5 Å². The van der Waals surface area contributed by atoms with Crippen LogP contribution in [0.2, 0.25) is 0 Å². The predicted molar refractivity (Wildman–Crippen MR) is 108 cm³/mol. The first-order chi connectivity index (χ1) is 12.9. The van der Waals surface area contributed by atoms with Crippen molar-refractivity contribution >= 4 is 41.2 Å². The molecule has 2 aromatic carbocycles. The van der Waals surface area contributed by atoms with Crippen molar-refractivity contribution in [3.05, 3.63) is 65.7 Å². The van der Waals surface area contributed by atoms with Crippen LogP contribution in [0.5, 0.6) is 0 Å². The van der Waals surface area contributed by atoms with Gasteiger partial charge >= 0.3 is 5.97 Å². The van der Waals surface area contributed by atoms with Gasteiger partial charge in [-0.05, 0) is 68.1 Å². The quantitative estimate of drug-likeness (QED) is 0.336. The predicted octanol–water partition coefficient (Wildman–Crippen LogP) is 4.19. The molecule has 0 radical (unpaired) electrons. The summed E-state index contributed by atoms with van der Waals surface area (Å²) in [5.41, 5.74) is 1.95. The van der Waals surface area contributed by atoms with Gasteiger partial charge in [-0.15, -0.1) is 11.8 Å². The number of ketones is 1. The fraction of sp³-hybridized carbons (Fsp3) is 0.190. The number of nitrogens with one attached hydrogen (secondary N) is 1. The summed E-state index contributed by atoms with van der Waals surface area (Å²) in [6.07, 6.45) is 3.97. The molecule has 0 unspecified atom stereocenters. The summed E-state index contributed by atoms with van der Waals surface area (Å²) in [6.45, 7) is 2.97. The lowest BCUT2D eigenvalue weighted by molar-refractivity contribution is -0.148. The summed E-state index contributed by atoms with van der Waals surface area (Å²) >= 11 is 1.64. The first kappa shape index (κ1) is 20.5. The van der Waals surface area contributed by atoms with Crippen molar-refractivity contribution in [2.45, 2.75) is 24.8 Å². The number of hydrogen-bond acceptors (Lipinski definition) is 5. The lowest BCUT2D eigenvalue weighted by Crippen LogP contribution is -2.29. The number of carbonyl (C=O) groups is 3. The molecule has 2 aromatic rings. The topological polar surface area (TPSA) is 72.5 Å². The third-order valence-corrected chi connectivity index (χ3v) is 4.49. The molecular formula is C21H21NO4S. The number of carbonyl (C=O) groups excluding carboxylic acids is 3. The number of anilines is 1. The van der Waals surface area contributed by atoms with Gasteiger partial charge in [0.1, 0.15) is 0 Å². The molecule has 5 nitrogen and oxygen atoms in total. The van der Waals surface area contributed by atoms with Gasteiger partial charge in [0, 0.05) is 22.2 Å². The highest BCUT2D eigenvalue weighted by Gasteiger charge is 2.16. The van der Waals surface area contributed by atoms with Crippen molar-refractivity contribution in [3.8, 4) is 0 Å². The Morgan fingerprint density at radius 2 is 1.67 bits per heavy atom. The monoisotopic (exact) mass is 383 g/mol. The Labute approximate surface area is 162 Å². The first-order valence-corrected chi connectivity index (χ1v) is 9.56. The van der Waals surface area contributed by atoms with Crippen LogP contribution in [0, 0.1) is 0 Å². The number of esters is 1. The molecular weight excluding hydrogens is 362 g/mol. The molecule has 0 fully saturated rings. The van der Waals surface area contributed by atoms with Crippen molar-refractivity contribution < 1.29 is 19.1 Å². The first-order valence-electron chi connectivity index (χ1n) is 8.33. The Balaban J connectivity index is 1.87. The van der Waals surface area contributed by atoms with Gasteiger partial charge in [0.05, 0.1) is 0 Å². The molecule has 0 aliphatic carbocycles. The number of ether oxygens (including phenoxy) is 1. The number of benzene rings is 2. The third-order valence-electron chi connectivity index (χ3n) is 3.75. The van der Waals surface area contributed by atoms with Crippen molar-refractivity contribution in [1.29, 1.82) is 0 Å². The molecule has 1 amide bonds. The second-order valence-corrected chi connectivity index (χ2v) is 6.69. The molecule has 0 aliphatic rings. The summed E-state index contributed by atoms with van der Waals surface area (Å²) in [4.78, 5) is 36.4. The molecule has 0 saturated heterocycles. The van der Waals surface area contributed by atoms with Crippen LogP contribution < -0.4 is 5.32 Å². The number of thioether (sulfide) groups is 1. The van der Waals surface area contributed by atoms with E-state index < -0.39 is 18.0 Å². The van der Waals surface area contributed by atoms with Gasteiger partial charge in [-0.3, -0.25) is 9.59 Å². The van der Waals surface area contributed by atoms with Crippen molar-refractivity contribution in [2.24, 2.45) is 0 Å². The smallest absolute Gasteiger partial charge is 0.331 e. The van der Waals surface area contributed by atoms with E-state index in [1.165, 1.54) is 19.9 Å². The van der Waals surface area contributed by atoms with Crippen molar-refractivity contribution in [3.63, 3.8) is 0 Å². The molecule has 2 rings (SSSR count). The van der Waals surface area contributed by atoms with E-state index in [0.29, 0.717) is 11.3 Å². The van der Waals surface area contributed by atoms with Gasteiger partial charge in [0.2, 0.25) is 0 Å². The Morgan fingerprint density at radius 1 is 1.04 bits per heavy atom. The minimum Gasteiger partial charge on any atom is -0.449 e. The summed E-state index contributed by atoms with van der Waals surface area (Å²) < 4.78 is 5.12. The van der Waals surface area contributed by atoms with Crippen molar-refractivity contribution in [2.75, 3.05) is 11.6 Å². The number of amides is 1. The summed E-state index contributed by atoms with van der Waals surface area (Å²) in [5.74, 6) is -1.10. The standard InChI is InChI=1S/C21H21NO4S/c1-14(23)17-7-9-18(10-8-17)22-21(25)15(2)26-20(24)13-6-16-4-11-19(27-3)12-5-16/h4-13,15H,1-3H3,(H,22,25)/b13-6+/t15-/m1/s1. The Bertz CT molecular complexity index is 841. The van der Waals surface area contributed by atoms with Gasteiger partial charge in [-0.25, -0.2) is 4.79 Å². The van der Waals surface area contributed by atoms with Gasteiger partial charge in [-0.1, -0.05) is 12.1 Å². The molecule has 0 heterocycles. The van der Waals surface area contributed by atoms with Crippen LogP contribution in [-0.2, 0) is 14.3 Å². The lowest BCUT2D eigenvalue weighted by Gasteiger charge is -2.12. The molecule has 0 spiro atoms. The summed E-state index contributed by atoms with van der Waals surface area (Å²) in [6, 6.07) is 14.2. The molecule has 27 heavy (non-hydrogen) atoms. The minimum absolute atomic E-state index is 0.0509. The second kappa shape index (κ2) is 9.73. The zero-order valence-electron chi connectivity index (χ0n) is 15.4. The molecule has 0 saturated carbocycles. The average molecular weight is 383 g/mol. The normalized spacial score (nSPS) is 11.8. The molecule has 6 heteroatoms. The molecule has 140 valence electrons. The van der Waals surface area contributed by atoms with Crippen LogP contribution in [0.25, 0.3) is 6.08 Å². The second-order valence-electron chi connectivity index (χ2n) is 5.81. The molecule has 0 bridgehead atoms. The van der Waals surface area contributed by atoms with Crippen LogP contribution >= 0.6 is 11.8 Å². The average Bonchev–Trinajstić information content (AvgIpc) is 2.67. The minimum atomic E-state index is -0.950. The Hall–Kier alpha value is -2.86. The summed E-state index contributed by atoms with van der Waals surface area (Å²) in [7, 11) is 0. The van der Waals surface area contributed by atoms with Crippen LogP contribution in [0.3, 0.4) is 0 Å². The van der Waals surface area contributed by atoms with Crippen LogP contribution in [-0.4, -0.2) is 30.0 Å². The maximum absolute atomic E-state index is 12.1. The van der Waals surface area contributed by atoms with E-state index in [2.05, 4.69) is 5.32 Å². The Kier molecular flexibility index (Phi) is 7.37. The number of hydrogen-bond donors (Lipinski definition) is 1. The van der Waals surface area contributed by atoms with Gasteiger partial charge in [0.15, 0.2) is 11.9 Å². The fourth-order valence-electron chi connectivity index (χ4n) is 2.18. The molecule has 1 N–H and O–H groups in total. The Morgan fingerprint density at radius 3 is 2.22 bits per heavy atom. The number of rotatable bonds is 7. The van der Waals surface area contributed by atoms with Gasteiger partial charge in [-0.2, -0.15) is 0 Å². The SMILES string of the molecule is CSc1ccc(/C=C/C(=O)O[C@H](C)C(=O)Nc2ccc(C(C)=O)cc2)cc1. The van der Waals surface area contributed by atoms with E-state index in [1.54, 1.807) is 42.1 Å². The van der Waals surface area contributed by atoms with Crippen LogP contribution in [0.1, 0.15) is 29.8 Å². The highest BCUT2D eigenvalue weighted by molar-refractivity contribution is 7.98. The maximum atomic E-state index is 12.1. The van der Waals surface area contributed by atoms with Gasteiger partial charge < -0.3 is 10.1 Å². The van der Waals surface area contributed by atoms with Gasteiger partial charge in [0.25, 0.3) is 5.91 Å². The third kappa shape index (κ3) is 6.42. The zero-order chi connectivity index (χ0) is 19.8. The van der Waals surface area contributed by atoms with E-state index in [0.717, 1.165) is 10.5 Å². The molecule has 0 aromatic heterocycles.